The molecule has 3 nitrogen and oxygen atoms in total. The smallest absolute Gasteiger partial charge is 0.153 e. The molecule has 0 aliphatic heterocycles. The van der Waals surface area contributed by atoms with Crippen molar-refractivity contribution in [3.05, 3.63) is 77.9 Å². The van der Waals surface area contributed by atoms with E-state index in [1.807, 2.05) is 12.1 Å². The monoisotopic (exact) mass is 360 g/mol. The van der Waals surface area contributed by atoms with Crippen molar-refractivity contribution in [1.29, 1.82) is 0 Å². The average Bonchev–Trinajstić information content (AvgIpc) is 3.01. The SMILES string of the molecule is Cc1ccc(-c2sc3cc(C=O)ccc3c2Oc2ccc(O)cc2)cc1. The summed E-state index contributed by atoms with van der Waals surface area (Å²) in [7, 11) is 0. The van der Waals surface area contributed by atoms with Crippen molar-refractivity contribution in [2.45, 2.75) is 6.92 Å². The van der Waals surface area contributed by atoms with E-state index in [0.717, 1.165) is 32.6 Å². The number of aldehydes is 1. The minimum atomic E-state index is 0.196. The van der Waals surface area contributed by atoms with Crippen LogP contribution in [0.4, 0.5) is 0 Å². The summed E-state index contributed by atoms with van der Waals surface area (Å²) in [5.41, 5.74) is 2.91. The summed E-state index contributed by atoms with van der Waals surface area (Å²) < 4.78 is 7.19. The normalized spacial score (nSPS) is 10.8. The molecule has 0 atom stereocenters. The van der Waals surface area contributed by atoms with Crippen molar-refractivity contribution in [3.8, 4) is 27.7 Å². The first-order valence-corrected chi connectivity index (χ1v) is 9.01. The number of hydrogen-bond donors (Lipinski definition) is 1. The summed E-state index contributed by atoms with van der Waals surface area (Å²) >= 11 is 1.60. The molecule has 4 aromatic rings. The third-order valence-corrected chi connectivity index (χ3v) is 5.36. The second kappa shape index (κ2) is 6.65. The Labute approximate surface area is 155 Å². The molecule has 0 fully saturated rings. The number of phenolic OH excluding ortho intramolecular Hbond substituents is 1. The number of ether oxygens (including phenoxy) is 1. The largest absolute Gasteiger partial charge is 0.508 e. The van der Waals surface area contributed by atoms with Crippen LogP contribution in [0.5, 0.6) is 17.2 Å². The van der Waals surface area contributed by atoms with Gasteiger partial charge < -0.3 is 9.84 Å². The van der Waals surface area contributed by atoms with E-state index in [0.29, 0.717) is 11.3 Å². The lowest BCUT2D eigenvalue weighted by Gasteiger charge is -2.08. The van der Waals surface area contributed by atoms with Gasteiger partial charge in [0.1, 0.15) is 17.8 Å². The summed E-state index contributed by atoms with van der Waals surface area (Å²) in [6.45, 7) is 2.05. The molecule has 0 aliphatic rings. The van der Waals surface area contributed by atoms with E-state index in [1.54, 1.807) is 41.7 Å². The van der Waals surface area contributed by atoms with E-state index in [9.17, 15) is 9.90 Å². The zero-order valence-electron chi connectivity index (χ0n) is 14.1. The van der Waals surface area contributed by atoms with Crippen LogP contribution < -0.4 is 4.74 Å². The first-order valence-electron chi connectivity index (χ1n) is 8.20. The van der Waals surface area contributed by atoms with Gasteiger partial charge in [-0.1, -0.05) is 35.9 Å². The Morgan fingerprint density at radius 2 is 1.69 bits per heavy atom. The van der Waals surface area contributed by atoms with E-state index < -0.39 is 0 Å². The highest BCUT2D eigenvalue weighted by molar-refractivity contribution is 7.22. The summed E-state index contributed by atoms with van der Waals surface area (Å²) in [4.78, 5) is 12.1. The quantitative estimate of drug-likeness (QED) is 0.442. The molecule has 26 heavy (non-hydrogen) atoms. The maximum Gasteiger partial charge on any atom is 0.153 e. The first kappa shape index (κ1) is 16.4. The molecule has 0 saturated carbocycles. The number of carbonyl (C=O) groups excluding carboxylic acids is 1. The predicted molar refractivity (Wildman–Crippen MR) is 106 cm³/mol. The molecule has 4 rings (SSSR count). The lowest BCUT2D eigenvalue weighted by molar-refractivity contribution is 0.112. The molecule has 0 unspecified atom stereocenters. The number of fused-ring (bicyclic) bond motifs is 1. The van der Waals surface area contributed by atoms with Crippen LogP contribution >= 0.6 is 11.3 Å². The molecule has 1 aromatic heterocycles. The van der Waals surface area contributed by atoms with E-state index in [1.165, 1.54) is 5.56 Å². The number of benzene rings is 3. The summed E-state index contributed by atoms with van der Waals surface area (Å²) in [6, 6.07) is 20.5. The maximum atomic E-state index is 11.1. The van der Waals surface area contributed by atoms with Crippen LogP contribution in [-0.4, -0.2) is 11.4 Å². The summed E-state index contributed by atoms with van der Waals surface area (Å²) in [5.74, 6) is 1.61. The van der Waals surface area contributed by atoms with E-state index in [2.05, 4.69) is 31.2 Å². The van der Waals surface area contributed by atoms with Crippen molar-refractivity contribution in [3.63, 3.8) is 0 Å². The molecule has 0 aliphatic carbocycles. The number of phenols is 1. The minimum Gasteiger partial charge on any atom is -0.508 e. The molecule has 0 radical (unpaired) electrons. The van der Waals surface area contributed by atoms with Crippen LogP contribution in [0.2, 0.25) is 0 Å². The Bertz CT molecular complexity index is 1080. The highest BCUT2D eigenvalue weighted by Crippen LogP contribution is 2.46. The minimum absolute atomic E-state index is 0.196. The van der Waals surface area contributed by atoms with Gasteiger partial charge in [-0.25, -0.2) is 0 Å². The third kappa shape index (κ3) is 3.07. The fourth-order valence-corrected chi connectivity index (χ4v) is 3.98. The van der Waals surface area contributed by atoms with Crippen LogP contribution in [0.15, 0.2) is 66.7 Å². The molecule has 0 saturated heterocycles. The maximum absolute atomic E-state index is 11.1. The van der Waals surface area contributed by atoms with Crippen LogP contribution in [0.25, 0.3) is 20.5 Å². The number of hydrogen-bond acceptors (Lipinski definition) is 4. The van der Waals surface area contributed by atoms with E-state index >= 15 is 0 Å². The van der Waals surface area contributed by atoms with Crippen molar-refractivity contribution in [2.24, 2.45) is 0 Å². The standard InChI is InChI=1S/C22H16O3S/c1-14-2-5-16(6-3-14)22-21(25-18-9-7-17(24)8-10-18)19-11-4-15(13-23)12-20(19)26-22/h2-13,24H,1H3. The van der Waals surface area contributed by atoms with Crippen LogP contribution in [0.1, 0.15) is 15.9 Å². The van der Waals surface area contributed by atoms with Gasteiger partial charge >= 0.3 is 0 Å². The second-order valence-electron chi connectivity index (χ2n) is 6.10. The molecular formula is C22H16O3S. The molecule has 1 N–H and O–H groups in total. The van der Waals surface area contributed by atoms with E-state index in [4.69, 9.17) is 4.74 Å². The van der Waals surface area contributed by atoms with Gasteiger partial charge in [0.15, 0.2) is 5.75 Å². The molecule has 3 aromatic carbocycles. The fraction of sp³-hybridized carbons (Fsp3) is 0.0455. The Kier molecular flexibility index (Phi) is 4.19. The Morgan fingerprint density at radius 1 is 0.962 bits per heavy atom. The van der Waals surface area contributed by atoms with Crippen molar-refractivity contribution in [2.75, 3.05) is 0 Å². The zero-order chi connectivity index (χ0) is 18.1. The fourth-order valence-electron chi connectivity index (χ4n) is 2.79. The Hall–Kier alpha value is -3.11. The molecule has 1 heterocycles. The lowest BCUT2D eigenvalue weighted by Crippen LogP contribution is -1.86. The van der Waals surface area contributed by atoms with Crippen molar-refractivity contribution >= 4 is 27.7 Å². The summed E-state index contributed by atoms with van der Waals surface area (Å²) in [6.07, 6.45) is 0.852. The number of aromatic hydroxyl groups is 1. The number of thiophene rings is 1. The molecule has 128 valence electrons. The topological polar surface area (TPSA) is 46.5 Å². The lowest BCUT2D eigenvalue weighted by atomic mass is 10.1. The van der Waals surface area contributed by atoms with Gasteiger partial charge in [-0.15, -0.1) is 11.3 Å². The van der Waals surface area contributed by atoms with Crippen molar-refractivity contribution < 1.29 is 14.6 Å². The van der Waals surface area contributed by atoms with Gasteiger partial charge in [-0.3, -0.25) is 4.79 Å². The first-order chi connectivity index (χ1) is 12.6. The highest BCUT2D eigenvalue weighted by atomic mass is 32.1. The van der Waals surface area contributed by atoms with Gasteiger partial charge in [0.25, 0.3) is 0 Å². The third-order valence-electron chi connectivity index (χ3n) is 4.18. The summed E-state index contributed by atoms with van der Waals surface area (Å²) in [5, 5.41) is 10.4. The van der Waals surface area contributed by atoms with Crippen LogP contribution in [0, 0.1) is 6.92 Å². The average molecular weight is 360 g/mol. The van der Waals surface area contributed by atoms with Gasteiger partial charge in [0.2, 0.25) is 0 Å². The van der Waals surface area contributed by atoms with Gasteiger partial charge in [-0.2, -0.15) is 0 Å². The zero-order valence-corrected chi connectivity index (χ0v) is 14.9. The predicted octanol–water partition coefficient (Wildman–Crippen LogP) is 6.19. The molecule has 0 spiro atoms. The van der Waals surface area contributed by atoms with Crippen LogP contribution in [0.3, 0.4) is 0 Å². The van der Waals surface area contributed by atoms with Crippen LogP contribution in [-0.2, 0) is 0 Å². The Morgan fingerprint density at radius 3 is 2.38 bits per heavy atom. The van der Waals surface area contributed by atoms with Crippen molar-refractivity contribution in [1.82, 2.24) is 0 Å². The Balaban J connectivity index is 1.89. The van der Waals surface area contributed by atoms with Gasteiger partial charge in [0.05, 0.1) is 4.88 Å². The molecule has 0 bridgehead atoms. The second-order valence-corrected chi connectivity index (χ2v) is 7.15. The number of carbonyl (C=O) groups is 1. The van der Waals surface area contributed by atoms with Gasteiger partial charge in [0, 0.05) is 15.6 Å². The van der Waals surface area contributed by atoms with E-state index in [-0.39, 0.29) is 5.75 Å². The number of rotatable bonds is 4. The highest BCUT2D eigenvalue weighted by Gasteiger charge is 2.17. The number of aryl methyl sites for hydroxylation is 1. The molecule has 0 amide bonds. The molecule has 4 heteroatoms. The molecular weight excluding hydrogens is 344 g/mol. The van der Waals surface area contributed by atoms with Gasteiger partial charge in [-0.05, 0) is 48.9 Å².